The van der Waals surface area contributed by atoms with Crippen molar-refractivity contribution in [3.8, 4) is 5.75 Å². The van der Waals surface area contributed by atoms with Crippen LogP contribution in [0.2, 0.25) is 0 Å². The fraction of sp³-hybridized carbons (Fsp3) is 0.269. The van der Waals surface area contributed by atoms with E-state index in [2.05, 4.69) is 4.98 Å². The number of ketones is 1. The minimum Gasteiger partial charge on any atom is -0.507 e. The van der Waals surface area contributed by atoms with E-state index in [1.807, 2.05) is 61.0 Å². The number of aryl methyl sites for hydroxylation is 2. The molecule has 1 unspecified atom stereocenters. The summed E-state index contributed by atoms with van der Waals surface area (Å²) in [5.74, 6) is -0.810. The predicted molar refractivity (Wildman–Crippen MR) is 125 cm³/mol. The number of amides is 1. The van der Waals surface area contributed by atoms with Gasteiger partial charge in [0.25, 0.3) is 11.7 Å². The lowest BCUT2D eigenvalue weighted by Crippen LogP contribution is -2.31. The third-order valence-electron chi connectivity index (χ3n) is 5.72. The second-order valence-electron chi connectivity index (χ2n) is 8.02. The highest BCUT2D eigenvalue weighted by Crippen LogP contribution is 2.40. The third kappa shape index (κ3) is 4.67. The fourth-order valence-electron chi connectivity index (χ4n) is 4.11. The molecule has 4 rings (SSSR count). The first kappa shape index (κ1) is 22.3. The molecule has 2 heterocycles. The summed E-state index contributed by atoms with van der Waals surface area (Å²) < 4.78 is 7.57. The van der Waals surface area contributed by atoms with Crippen LogP contribution in [0.15, 0.2) is 72.8 Å². The average Bonchev–Trinajstić information content (AvgIpc) is 3.42. The van der Waals surface area contributed by atoms with Gasteiger partial charge in [0, 0.05) is 31.0 Å². The van der Waals surface area contributed by atoms with Crippen LogP contribution in [0.5, 0.6) is 5.75 Å². The SMILES string of the molecule is CCOc1cccc(C2C(=C(O)c3ccc(C)cc3)C(=O)C(=O)N2CCCn2ccnc2)c1. The van der Waals surface area contributed by atoms with Gasteiger partial charge in [-0.2, -0.15) is 0 Å². The van der Waals surface area contributed by atoms with Crippen molar-refractivity contribution in [2.75, 3.05) is 13.2 Å². The zero-order chi connectivity index (χ0) is 23.4. The second-order valence-corrected chi connectivity index (χ2v) is 8.02. The minimum absolute atomic E-state index is 0.0973. The van der Waals surface area contributed by atoms with E-state index in [1.54, 1.807) is 29.6 Å². The third-order valence-corrected chi connectivity index (χ3v) is 5.72. The van der Waals surface area contributed by atoms with E-state index in [4.69, 9.17) is 4.74 Å². The van der Waals surface area contributed by atoms with Crippen molar-refractivity contribution < 1.29 is 19.4 Å². The Kier molecular flexibility index (Phi) is 6.58. The van der Waals surface area contributed by atoms with Crippen LogP contribution in [0.1, 0.15) is 36.1 Å². The van der Waals surface area contributed by atoms with Crippen LogP contribution in [0.25, 0.3) is 5.76 Å². The van der Waals surface area contributed by atoms with Gasteiger partial charge in [-0.15, -0.1) is 0 Å². The molecule has 0 aliphatic carbocycles. The Hall–Kier alpha value is -3.87. The Morgan fingerprint density at radius 3 is 2.61 bits per heavy atom. The number of carbonyl (C=O) groups is 2. The summed E-state index contributed by atoms with van der Waals surface area (Å²) in [6, 6.07) is 13.9. The highest BCUT2D eigenvalue weighted by Gasteiger charge is 2.45. The number of rotatable bonds is 8. The summed E-state index contributed by atoms with van der Waals surface area (Å²) in [5, 5.41) is 11.1. The van der Waals surface area contributed by atoms with Gasteiger partial charge in [-0.05, 0) is 38.0 Å². The second kappa shape index (κ2) is 9.73. The number of aromatic nitrogens is 2. The number of aliphatic hydroxyl groups excluding tert-OH is 1. The maximum Gasteiger partial charge on any atom is 0.295 e. The zero-order valence-corrected chi connectivity index (χ0v) is 18.8. The van der Waals surface area contributed by atoms with Gasteiger partial charge in [0.2, 0.25) is 0 Å². The number of imidazole rings is 1. The van der Waals surface area contributed by atoms with E-state index in [0.717, 1.165) is 11.1 Å². The molecule has 2 aromatic carbocycles. The Morgan fingerprint density at radius 1 is 1.12 bits per heavy atom. The summed E-state index contributed by atoms with van der Waals surface area (Å²) in [6.07, 6.45) is 5.91. The van der Waals surface area contributed by atoms with Gasteiger partial charge in [-0.25, -0.2) is 4.98 Å². The topological polar surface area (TPSA) is 84.7 Å². The number of nitrogens with zero attached hydrogens (tertiary/aromatic N) is 3. The molecule has 1 atom stereocenters. The number of carbonyl (C=O) groups excluding carboxylic acids is 2. The van der Waals surface area contributed by atoms with Crippen molar-refractivity contribution in [1.82, 2.24) is 14.5 Å². The molecular weight excluding hydrogens is 418 g/mol. The molecule has 1 aromatic heterocycles. The van der Waals surface area contributed by atoms with Crippen molar-refractivity contribution in [2.24, 2.45) is 0 Å². The highest BCUT2D eigenvalue weighted by atomic mass is 16.5. The van der Waals surface area contributed by atoms with Crippen LogP contribution >= 0.6 is 0 Å². The summed E-state index contributed by atoms with van der Waals surface area (Å²) in [4.78, 5) is 31.8. The number of benzene rings is 2. The largest absolute Gasteiger partial charge is 0.507 e. The quantitative estimate of drug-likeness (QED) is 0.321. The summed E-state index contributed by atoms with van der Waals surface area (Å²) in [5.41, 5.74) is 2.35. The first-order valence-corrected chi connectivity index (χ1v) is 11.0. The number of likely N-dealkylation sites (tertiary alicyclic amines) is 1. The van der Waals surface area contributed by atoms with E-state index in [0.29, 0.717) is 37.4 Å². The van der Waals surface area contributed by atoms with E-state index in [9.17, 15) is 14.7 Å². The van der Waals surface area contributed by atoms with E-state index >= 15 is 0 Å². The molecule has 7 nitrogen and oxygen atoms in total. The van der Waals surface area contributed by atoms with Crippen LogP contribution in [0.4, 0.5) is 0 Å². The maximum atomic E-state index is 13.1. The molecule has 0 spiro atoms. The molecule has 0 radical (unpaired) electrons. The summed E-state index contributed by atoms with van der Waals surface area (Å²) >= 11 is 0. The number of hydrogen-bond acceptors (Lipinski definition) is 5. The summed E-state index contributed by atoms with van der Waals surface area (Å²) in [7, 11) is 0. The first-order chi connectivity index (χ1) is 16.0. The average molecular weight is 446 g/mol. The smallest absolute Gasteiger partial charge is 0.295 e. The minimum atomic E-state index is -0.700. The first-order valence-electron chi connectivity index (χ1n) is 11.0. The molecule has 170 valence electrons. The molecule has 0 saturated carbocycles. The Morgan fingerprint density at radius 2 is 1.91 bits per heavy atom. The van der Waals surface area contributed by atoms with Gasteiger partial charge >= 0.3 is 0 Å². The van der Waals surface area contributed by atoms with Gasteiger partial charge in [-0.3, -0.25) is 9.59 Å². The summed E-state index contributed by atoms with van der Waals surface area (Å²) in [6.45, 7) is 5.36. The monoisotopic (exact) mass is 445 g/mol. The maximum absolute atomic E-state index is 13.1. The van der Waals surface area contributed by atoms with Gasteiger partial charge in [-0.1, -0.05) is 42.0 Å². The molecule has 1 aliphatic heterocycles. The van der Waals surface area contributed by atoms with Crippen LogP contribution in [0.3, 0.4) is 0 Å². The lowest BCUT2D eigenvalue weighted by molar-refractivity contribution is -0.139. The van der Waals surface area contributed by atoms with Gasteiger partial charge in [0.1, 0.15) is 11.5 Å². The van der Waals surface area contributed by atoms with E-state index in [1.165, 1.54) is 0 Å². The molecule has 7 heteroatoms. The molecule has 0 bridgehead atoms. The number of aliphatic hydroxyl groups is 1. The highest BCUT2D eigenvalue weighted by molar-refractivity contribution is 6.46. The standard InChI is InChI=1S/C26H27N3O4/c1-3-33-21-7-4-6-20(16-21)23-22(24(30)19-10-8-18(2)9-11-19)25(31)26(32)29(23)14-5-13-28-15-12-27-17-28/h4,6-12,15-17,23,30H,3,5,13-14H2,1-2H3. The molecule has 1 fully saturated rings. The molecule has 1 saturated heterocycles. The Balaban J connectivity index is 1.74. The van der Waals surface area contributed by atoms with Crippen LogP contribution in [-0.4, -0.2) is 44.4 Å². The lowest BCUT2D eigenvalue weighted by Gasteiger charge is -2.25. The molecular formula is C26H27N3O4. The molecule has 3 aromatic rings. The van der Waals surface area contributed by atoms with Crippen LogP contribution < -0.4 is 4.74 Å². The lowest BCUT2D eigenvalue weighted by atomic mass is 9.95. The Bertz CT molecular complexity index is 1170. The zero-order valence-electron chi connectivity index (χ0n) is 18.8. The van der Waals surface area contributed by atoms with Gasteiger partial charge < -0.3 is 19.3 Å². The molecule has 1 amide bonds. The van der Waals surface area contributed by atoms with Crippen molar-refractivity contribution >= 4 is 17.4 Å². The van der Waals surface area contributed by atoms with Crippen molar-refractivity contribution in [3.63, 3.8) is 0 Å². The Labute approximate surface area is 192 Å². The van der Waals surface area contributed by atoms with Gasteiger partial charge in [0.05, 0.1) is 24.5 Å². The fourth-order valence-corrected chi connectivity index (χ4v) is 4.11. The number of ether oxygens (including phenoxy) is 1. The van der Waals surface area contributed by atoms with E-state index < -0.39 is 17.7 Å². The number of hydrogen-bond donors (Lipinski definition) is 1. The van der Waals surface area contributed by atoms with Crippen molar-refractivity contribution in [1.29, 1.82) is 0 Å². The molecule has 1 aliphatic rings. The van der Waals surface area contributed by atoms with Crippen LogP contribution in [0, 0.1) is 6.92 Å². The molecule has 33 heavy (non-hydrogen) atoms. The van der Waals surface area contributed by atoms with Crippen molar-refractivity contribution in [3.05, 3.63) is 89.5 Å². The predicted octanol–water partition coefficient (Wildman–Crippen LogP) is 4.10. The van der Waals surface area contributed by atoms with Crippen molar-refractivity contribution in [2.45, 2.75) is 32.9 Å². The number of Topliss-reactive ketones (excluding diaryl/α,β-unsaturated/α-hetero) is 1. The normalized spacial score (nSPS) is 17.5. The van der Waals surface area contributed by atoms with E-state index in [-0.39, 0.29) is 11.3 Å². The van der Waals surface area contributed by atoms with Gasteiger partial charge in [0.15, 0.2) is 0 Å². The van der Waals surface area contributed by atoms with Crippen LogP contribution in [-0.2, 0) is 16.1 Å². The molecule has 1 N–H and O–H groups in total.